The topological polar surface area (TPSA) is 26.3 Å². The molecule has 0 saturated heterocycles. The number of ketones is 1. The van der Waals surface area contributed by atoms with Crippen molar-refractivity contribution < 1.29 is 9.53 Å². The molecule has 2 nitrogen and oxygen atoms in total. The maximum absolute atomic E-state index is 12.0. The maximum atomic E-state index is 12.0. The number of ether oxygens (including phenoxy) is 1. The Balaban J connectivity index is 1.99. The van der Waals surface area contributed by atoms with Crippen molar-refractivity contribution in [3.8, 4) is 5.75 Å². The minimum absolute atomic E-state index is 0.172. The van der Waals surface area contributed by atoms with E-state index in [2.05, 4.69) is 0 Å². The van der Waals surface area contributed by atoms with Crippen LogP contribution >= 0.6 is 0 Å². The van der Waals surface area contributed by atoms with Crippen LogP contribution in [-0.4, -0.2) is 12.4 Å². The van der Waals surface area contributed by atoms with Gasteiger partial charge in [0.15, 0.2) is 5.78 Å². The predicted octanol–water partition coefficient (Wildman–Crippen LogP) is 3.70. The Labute approximate surface area is 103 Å². The van der Waals surface area contributed by atoms with Crippen molar-refractivity contribution in [3.05, 3.63) is 29.8 Å². The van der Waals surface area contributed by atoms with Crippen molar-refractivity contribution in [2.75, 3.05) is 6.61 Å². The molecule has 0 spiro atoms. The second-order valence-electron chi connectivity index (χ2n) is 5.86. The zero-order valence-electron chi connectivity index (χ0n) is 10.8. The summed E-state index contributed by atoms with van der Waals surface area (Å²) in [5.41, 5.74) is 0.437. The maximum Gasteiger partial charge on any atom is 0.168 e. The van der Waals surface area contributed by atoms with Gasteiger partial charge in [-0.2, -0.15) is 0 Å². The predicted molar refractivity (Wildman–Crippen MR) is 68.4 cm³/mol. The summed E-state index contributed by atoms with van der Waals surface area (Å²) < 4.78 is 5.64. The minimum atomic E-state index is -0.323. The van der Waals surface area contributed by atoms with Crippen LogP contribution in [0, 0.1) is 11.3 Å². The van der Waals surface area contributed by atoms with Crippen molar-refractivity contribution in [1.29, 1.82) is 0 Å². The zero-order valence-corrected chi connectivity index (χ0v) is 10.8. The molecule has 0 bridgehead atoms. The number of Topliss-reactive ketones (excluding diaryl/α,β-unsaturated/α-hetero) is 1. The Morgan fingerprint density at radius 2 is 1.82 bits per heavy atom. The smallest absolute Gasteiger partial charge is 0.168 e. The highest BCUT2D eigenvalue weighted by Crippen LogP contribution is 2.29. The van der Waals surface area contributed by atoms with E-state index in [-0.39, 0.29) is 11.2 Å². The molecule has 1 aromatic rings. The Bertz CT molecular complexity index is 394. The number of hydrogen-bond acceptors (Lipinski definition) is 2. The van der Waals surface area contributed by atoms with Crippen LogP contribution < -0.4 is 4.74 Å². The molecule has 0 N–H and O–H groups in total. The number of carbonyl (C=O) groups excluding carboxylic acids is 1. The Morgan fingerprint density at radius 1 is 1.24 bits per heavy atom. The van der Waals surface area contributed by atoms with Gasteiger partial charge < -0.3 is 4.74 Å². The summed E-state index contributed by atoms with van der Waals surface area (Å²) in [6, 6.07) is 7.49. The number of benzene rings is 1. The Morgan fingerprint density at radius 3 is 2.29 bits per heavy atom. The molecule has 1 aromatic carbocycles. The van der Waals surface area contributed by atoms with E-state index >= 15 is 0 Å². The summed E-state index contributed by atoms with van der Waals surface area (Å²) in [5.74, 6) is 1.79. The van der Waals surface area contributed by atoms with E-state index in [0.717, 1.165) is 23.8 Å². The largest absolute Gasteiger partial charge is 0.493 e. The molecule has 0 amide bonds. The lowest BCUT2D eigenvalue weighted by Gasteiger charge is -2.16. The second-order valence-corrected chi connectivity index (χ2v) is 5.86. The van der Waals surface area contributed by atoms with Gasteiger partial charge in [0.1, 0.15) is 5.75 Å². The Hall–Kier alpha value is -1.31. The van der Waals surface area contributed by atoms with Crippen LogP contribution in [0.25, 0.3) is 0 Å². The van der Waals surface area contributed by atoms with E-state index in [4.69, 9.17) is 4.74 Å². The average Bonchev–Trinajstić information content (AvgIpc) is 3.09. The number of carbonyl (C=O) groups is 1. The minimum Gasteiger partial charge on any atom is -0.493 e. The van der Waals surface area contributed by atoms with Gasteiger partial charge in [-0.1, -0.05) is 20.8 Å². The highest BCUT2D eigenvalue weighted by Gasteiger charge is 2.23. The lowest BCUT2D eigenvalue weighted by Crippen LogP contribution is -2.19. The molecule has 17 heavy (non-hydrogen) atoms. The average molecular weight is 232 g/mol. The van der Waals surface area contributed by atoms with E-state index in [1.54, 1.807) is 0 Å². The van der Waals surface area contributed by atoms with Crippen LogP contribution in [0.15, 0.2) is 24.3 Å². The molecule has 0 aliphatic heterocycles. The molecule has 0 radical (unpaired) electrons. The molecule has 1 aliphatic carbocycles. The first-order valence-corrected chi connectivity index (χ1v) is 6.24. The molecule has 92 valence electrons. The van der Waals surface area contributed by atoms with Crippen molar-refractivity contribution >= 4 is 5.78 Å². The highest BCUT2D eigenvalue weighted by molar-refractivity contribution is 5.99. The first-order chi connectivity index (χ1) is 7.97. The van der Waals surface area contributed by atoms with Gasteiger partial charge in [0.25, 0.3) is 0 Å². The van der Waals surface area contributed by atoms with Gasteiger partial charge in [-0.3, -0.25) is 4.79 Å². The SMILES string of the molecule is CC(C)(C)C(=O)c1ccc(OCC2CC2)cc1. The number of hydrogen-bond donors (Lipinski definition) is 0. The summed E-state index contributed by atoms with van der Waals surface area (Å²) in [5, 5.41) is 0. The first kappa shape index (κ1) is 12.2. The van der Waals surface area contributed by atoms with E-state index in [1.165, 1.54) is 12.8 Å². The van der Waals surface area contributed by atoms with Gasteiger partial charge in [0.05, 0.1) is 6.61 Å². The van der Waals surface area contributed by atoms with E-state index in [1.807, 2.05) is 45.0 Å². The lowest BCUT2D eigenvalue weighted by molar-refractivity contribution is 0.0858. The van der Waals surface area contributed by atoms with Crippen molar-refractivity contribution in [2.24, 2.45) is 11.3 Å². The first-order valence-electron chi connectivity index (χ1n) is 6.24. The van der Waals surface area contributed by atoms with Crippen LogP contribution in [0.5, 0.6) is 5.75 Å². The summed E-state index contributed by atoms with van der Waals surface area (Å²) >= 11 is 0. The standard InChI is InChI=1S/C15H20O2/c1-15(2,3)14(16)12-6-8-13(9-7-12)17-10-11-4-5-11/h6-9,11H,4-5,10H2,1-3H3. The second kappa shape index (κ2) is 4.52. The Kier molecular flexibility index (Phi) is 3.23. The molecule has 2 rings (SSSR count). The molecule has 0 aromatic heterocycles. The van der Waals surface area contributed by atoms with Crippen LogP contribution in [0.4, 0.5) is 0 Å². The van der Waals surface area contributed by atoms with E-state index in [9.17, 15) is 4.79 Å². The van der Waals surface area contributed by atoms with Crippen molar-refractivity contribution in [2.45, 2.75) is 33.6 Å². The molecule has 0 heterocycles. The fourth-order valence-electron chi connectivity index (χ4n) is 1.63. The molecule has 1 aliphatic rings. The normalized spacial score (nSPS) is 15.7. The molecule has 0 atom stereocenters. The summed E-state index contributed by atoms with van der Waals surface area (Å²) in [6.07, 6.45) is 2.58. The van der Waals surface area contributed by atoms with Crippen LogP contribution in [-0.2, 0) is 0 Å². The van der Waals surface area contributed by atoms with Crippen LogP contribution in [0.3, 0.4) is 0 Å². The summed E-state index contributed by atoms with van der Waals surface area (Å²) in [4.78, 5) is 12.0. The van der Waals surface area contributed by atoms with E-state index in [0.29, 0.717) is 0 Å². The van der Waals surface area contributed by atoms with Gasteiger partial charge in [-0.25, -0.2) is 0 Å². The van der Waals surface area contributed by atoms with Gasteiger partial charge in [-0.05, 0) is 43.0 Å². The molecule has 0 unspecified atom stereocenters. The monoisotopic (exact) mass is 232 g/mol. The van der Waals surface area contributed by atoms with Gasteiger partial charge in [-0.15, -0.1) is 0 Å². The fourth-order valence-corrected chi connectivity index (χ4v) is 1.63. The quantitative estimate of drug-likeness (QED) is 0.740. The lowest BCUT2D eigenvalue weighted by atomic mass is 9.86. The third-order valence-electron chi connectivity index (χ3n) is 2.98. The van der Waals surface area contributed by atoms with Crippen LogP contribution in [0.2, 0.25) is 0 Å². The third-order valence-corrected chi connectivity index (χ3v) is 2.98. The molecule has 1 fully saturated rings. The third kappa shape index (κ3) is 3.32. The van der Waals surface area contributed by atoms with Crippen molar-refractivity contribution in [3.63, 3.8) is 0 Å². The van der Waals surface area contributed by atoms with Gasteiger partial charge in [0, 0.05) is 11.0 Å². The highest BCUT2D eigenvalue weighted by atomic mass is 16.5. The molecule has 2 heteroatoms. The summed E-state index contributed by atoms with van der Waals surface area (Å²) in [6.45, 7) is 6.62. The molecular weight excluding hydrogens is 212 g/mol. The molecule has 1 saturated carbocycles. The number of rotatable bonds is 4. The van der Waals surface area contributed by atoms with Gasteiger partial charge >= 0.3 is 0 Å². The van der Waals surface area contributed by atoms with Gasteiger partial charge in [0.2, 0.25) is 0 Å². The van der Waals surface area contributed by atoms with E-state index < -0.39 is 0 Å². The molecular formula is C15H20O2. The summed E-state index contributed by atoms with van der Waals surface area (Å²) in [7, 11) is 0. The van der Waals surface area contributed by atoms with Crippen LogP contribution in [0.1, 0.15) is 44.0 Å². The van der Waals surface area contributed by atoms with Crippen molar-refractivity contribution in [1.82, 2.24) is 0 Å². The fraction of sp³-hybridized carbons (Fsp3) is 0.533. The zero-order chi connectivity index (χ0) is 12.5.